The smallest absolute Gasteiger partial charge is 0.135 e. The van der Waals surface area contributed by atoms with Crippen molar-refractivity contribution in [1.82, 2.24) is 5.32 Å². The van der Waals surface area contributed by atoms with E-state index in [0.717, 1.165) is 34.2 Å². The molecule has 0 aliphatic carbocycles. The molecule has 0 bridgehead atoms. The lowest BCUT2D eigenvalue weighted by Gasteiger charge is -2.06. The second-order valence-electron chi connectivity index (χ2n) is 4.49. The molecule has 2 aromatic carbocycles. The molecule has 3 heteroatoms. The Morgan fingerprint density at radius 3 is 2.85 bits per heavy atom. The Labute approximate surface area is 117 Å². The van der Waals surface area contributed by atoms with Gasteiger partial charge in [0.05, 0.1) is 6.54 Å². The first-order chi connectivity index (χ1) is 9.88. The maximum atomic E-state index is 5.77. The molecule has 3 aromatic rings. The van der Waals surface area contributed by atoms with E-state index in [1.54, 1.807) is 0 Å². The van der Waals surface area contributed by atoms with E-state index in [2.05, 4.69) is 17.3 Å². The minimum Gasteiger partial charge on any atom is -0.492 e. The van der Waals surface area contributed by atoms with Gasteiger partial charge in [-0.25, -0.2) is 0 Å². The number of hydrogen-bond acceptors (Lipinski definition) is 3. The summed E-state index contributed by atoms with van der Waals surface area (Å²) in [6.07, 6.45) is 5.16. The van der Waals surface area contributed by atoms with E-state index >= 15 is 0 Å². The van der Waals surface area contributed by atoms with E-state index in [4.69, 9.17) is 15.6 Å². The normalized spacial score (nSPS) is 10.8. The van der Waals surface area contributed by atoms with Crippen molar-refractivity contribution in [2.75, 3.05) is 19.7 Å². The number of terminal acetylenes is 1. The zero-order valence-electron chi connectivity index (χ0n) is 11.1. The van der Waals surface area contributed by atoms with Gasteiger partial charge in [0.1, 0.15) is 23.5 Å². The lowest BCUT2D eigenvalue weighted by Crippen LogP contribution is -2.21. The average molecular weight is 265 g/mol. The van der Waals surface area contributed by atoms with Gasteiger partial charge in [0, 0.05) is 17.3 Å². The van der Waals surface area contributed by atoms with Crippen LogP contribution in [0.5, 0.6) is 5.75 Å². The molecule has 3 nitrogen and oxygen atoms in total. The van der Waals surface area contributed by atoms with Crippen LogP contribution in [0.25, 0.3) is 21.9 Å². The maximum absolute atomic E-state index is 5.77. The summed E-state index contributed by atoms with van der Waals surface area (Å²) in [4.78, 5) is 0. The van der Waals surface area contributed by atoms with Gasteiger partial charge in [0.15, 0.2) is 0 Å². The summed E-state index contributed by atoms with van der Waals surface area (Å²) in [6.45, 7) is 1.88. The molecular weight excluding hydrogens is 250 g/mol. The van der Waals surface area contributed by atoms with Crippen molar-refractivity contribution in [3.05, 3.63) is 42.5 Å². The van der Waals surface area contributed by atoms with Gasteiger partial charge in [0.2, 0.25) is 0 Å². The average Bonchev–Trinajstić information content (AvgIpc) is 2.85. The van der Waals surface area contributed by atoms with Gasteiger partial charge in [-0.15, -0.1) is 6.42 Å². The molecule has 0 saturated heterocycles. The minimum atomic E-state index is 0.564. The Balaban J connectivity index is 1.79. The fourth-order valence-corrected chi connectivity index (χ4v) is 2.20. The van der Waals surface area contributed by atoms with Crippen LogP contribution >= 0.6 is 0 Å². The van der Waals surface area contributed by atoms with Crippen molar-refractivity contribution >= 4 is 21.9 Å². The summed E-state index contributed by atoms with van der Waals surface area (Å²) in [5.41, 5.74) is 1.78. The van der Waals surface area contributed by atoms with Crippen LogP contribution in [0, 0.1) is 12.3 Å². The third kappa shape index (κ3) is 2.47. The Morgan fingerprint density at radius 1 is 1.10 bits per heavy atom. The standard InChI is InChI=1S/C17H15NO2/c1-2-9-18-10-11-19-13-7-8-17-15(12-13)14-5-3-4-6-16(14)20-17/h1,3-8,12,18H,9-11H2. The fraction of sp³-hybridized carbons (Fsp3) is 0.176. The minimum absolute atomic E-state index is 0.564. The predicted octanol–water partition coefficient (Wildman–Crippen LogP) is 3.19. The molecular formula is C17H15NO2. The number of ether oxygens (including phenoxy) is 1. The van der Waals surface area contributed by atoms with Crippen LogP contribution in [0.4, 0.5) is 0 Å². The monoisotopic (exact) mass is 265 g/mol. The van der Waals surface area contributed by atoms with Crippen molar-refractivity contribution in [1.29, 1.82) is 0 Å². The molecule has 100 valence electrons. The Hall–Kier alpha value is -2.44. The quantitative estimate of drug-likeness (QED) is 0.568. The lowest BCUT2D eigenvalue weighted by molar-refractivity contribution is 0.317. The van der Waals surface area contributed by atoms with E-state index in [-0.39, 0.29) is 0 Å². The van der Waals surface area contributed by atoms with Crippen LogP contribution in [0.1, 0.15) is 0 Å². The van der Waals surface area contributed by atoms with Gasteiger partial charge in [-0.1, -0.05) is 24.1 Å². The third-order valence-corrected chi connectivity index (χ3v) is 3.12. The molecule has 0 aliphatic heterocycles. The first-order valence-corrected chi connectivity index (χ1v) is 6.57. The molecule has 20 heavy (non-hydrogen) atoms. The molecule has 0 amide bonds. The van der Waals surface area contributed by atoms with E-state index in [9.17, 15) is 0 Å². The van der Waals surface area contributed by atoms with E-state index in [1.807, 2.05) is 36.4 Å². The lowest BCUT2D eigenvalue weighted by atomic mass is 10.1. The second kappa shape index (κ2) is 5.68. The Bertz CT molecular complexity index is 767. The summed E-state index contributed by atoms with van der Waals surface area (Å²) >= 11 is 0. The summed E-state index contributed by atoms with van der Waals surface area (Å²) in [5.74, 6) is 3.37. The number of para-hydroxylation sites is 1. The number of rotatable bonds is 5. The Morgan fingerprint density at radius 2 is 1.95 bits per heavy atom. The first kappa shape index (κ1) is 12.6. The van der Waals surface area contributed by atoms with Crippen molar-refractivity contribution < 1.29 is 9.15 Å². The Kier molecular flexibility index (Phi) is 3.58. The van der Waals surface area contributed by atoms with Crippen molar-refractivity contribution in [2.24, 2.45) is 0 Å². The molecule has 0 aliphatic rings. The highest BCUT2D eigenvalue weighted by molar-refractivity contribution is 6.05. The summed E-state index contributed by atoms with van der Waals surface area (Å²) in [7, 11) is 0. The second-order valence-corrected chi connectivity index (χ2v) is 4.49. The molecule has 1 N–H and O–H groups in total. The number of hydrogen-bond donors (Lipinski definition) is 1. The van der Waals surface area contributed by atoms with Crippen LogP contribution in [0.3, 0.4) is 0 Å². The van der Waals surface area contributed by atoms with Crippen LogP contribution in [-0.4, -0.2) is 19.7 Å². The molecule has 1 aromatic heterocycles. The zero-order valence-corrected chi connectivity index (χ0v) is 11.1. The number of furan rings is 1. The first-order valence-electron chi connectivity index (χ1n) is 6.57. The number of nitrogens with one attached hydrogen (secondary N) is 1. The molecule has 0 fully saturated rings. The highest BCUT2D eigenvalue weighted by atomic mass is 16.5. The molecule has 0 unspecified atom stereocenters. The maximum Gasteiger partial charge on any atom is 0.135 e. The molecule has 1 heterocycles. The summed E-state index contributed by atoms with van der Waals surface area (Å²) < 4.78 is 11.5. The molecule has 0 spiro atoms. The number of benzene rings is 2. The van der Waals surface area contributed by atoms with E-state index < -0.39 is 0 Å². The summed E-state index contributed by atoms with van der Waals surface area (Å²) in [5, 5.41) is 5.28. The van der Waals surface area contributed by atoms with Gasteiger partial charge in [-0.05, 0) is 24.3 Å². The molecule has 0 radical (unpaired) electrons. The van der Waals surface area contributed by atoms with Gasteiger partial charge in [-0.2, -0.15) is 0 Å². The van der Waals surface area contributed by atoms with E-state index in [0.29, 0.717) is 13.2 Å². The van der Waals surface area contributed by atoms with Crippen molar-refractivity contribution in [3.8, 4) is 18.1 Å². The third-order valence-electron chi connectivity index (χ3n) is 3.12. The largest absolute Gasteiger partial charge is 0.492 e. The number of fused-ring (bicyclic) bond motifs is 3. The van der Waals surface area contributed by atoms with Crippen LogP contribution in [0.15, 0.2) is 46.9 Å². The predicted molar refractivity (Wildman–Crippen MR) is 80.9 cm³/mol. The van der Waals surface area contributed by atoms with Crippen LogP contribution < -0.4 is 10.1 Å². The van der Waals surface area contributed by atoms with Crippen LogP contribution in [0.2, 0.25) is 0 Å². The van der Waals surface area contributed by atoms with Crippen molar-refractivity contribution in [2.45, 2.75) is 0 Å². The van der Waals surface area contributed by atoms with Gasteiger partial charge in [0.25, 0.3) is 0 Å². The summed E-state index contributed by atoms with van der Waals surface area (Å²) in [6, 6.07) is 13.9. The van der Waals surface area contributed by atoms with Gasteiger partial charge in [-0.3, -0.25) is 0 Å². The SMILES string of the molecule is C#CCNCCOc1ccc2oc3ccccc3c2c1. The molecule has 0 atom stereocenters. The van der Waals surface area contributed by atoms with Gasteiger partial charge >= 0.3 is 0 Å². The molecule has 0 saturated carbocycles. The fourth-order valence-electron chi connectivity index (χ4n) is 2.20. The zero-order chi connectivity index (χ0) is 13.8. The molecule has 3 rings (SSSR count). The van der Waals surface area contributed by atoms with Crippen LogP contribution in [-0.2, 0) is 0 Å². The van der Waals surface area contributed by atoms with Crippen molar-refractivity contribution in [3.63, 3.8) is 0 Å². The topological polar surface area (TPSA) is 34.4 Å². The highest BCUT2D eigenvalue weighted by Crippen LogP contribution is 2.31. The van der Waals surface area contributed by atoms with E-state index in [1.165, 1.54) is 0 Å². The van der Waals surface area contributed by atoms with Gasteiger partial charge < -0.3 is 14.5 Å². The highest BCUT2D eigenvalue weighted by Gasteiger charge is 2.07.